The zero-order valence-corrected chi connectivity index (χ0v) is 14.8. The van der Waals surface area contributed by atoms with Crippen molar-refractivity contribution in [2.75, 3.05) is 6.61 Å². The first-order valence-electron chi connectivity index (χ1n) is 9.86. The lowest BCUT2D eigenvalue weighted by Crippen LogP contribution is -2.51. The number of hydrogen-bond donors (Lipinski definition) is 2. The largest absolute Gasteiger partial charge is 0.394 e. The quantitative estimate of drug-likeness (QED) is 0.777. The molecular formula is C20H33NO2. The molecule has 0 spiro atoms. The van der Waals surface area contributed by atoms with Crippen LogP contribution in [0.5, 0.6) is 0 Å². The Balaban J connectivity index is 1.65. The van der Waals surface area contributed by atoms with E-state index in [0.29, 0.717) is 17.8 Å². The second-order valence-corrected chi connectivity index (χ2v) is 9.60. The number of fused-ring (bicyclic) bond motifs is 5. The second-order valence-electron chi connectivity index (χ2n) is 9.60. The van der Waals surface area contributed by atoms with Crippen LogP contribution in [0.15, 0.2) is 0 Å². The first-order chi connectivity index (χ1) is 11.0. The zero-order chi connectivity index (χ0) is 16.2. The van der Waals surface area contributed by atoms with Crippen molar-refractivity contribution in [3.05, 3.63) is 0 Å². The Bertz CT molecular complexity index is 492. The van der Waals surface area contributed by atoms with Crippen LogP contribution in [0.25, 0.3) is 0 Å². The van der Waals surface area contributed by atoms with Gasteiger partial charge in [-0.3, -0.25) is 4.79 Å². The van der Waals surface area contributed by atoms with Crippen LogP contribution in [0, 0.1) is 34.5 Å². The Labute approximate surface area is 140 Å². The topological polar surface area (TPSA) is 49.3 Å². The van der Waals surface area contributed by atoms with Crippen LogP contribution in [0.4, 0.5) is 0 Å². The molecule has 4 rings (SSSR count). The molecule has 1 amide bonds. The molecule has 0 aromatic carbocycles. The molecule has 0 aromatic heterocycles. The van der Waals surface area contributed by atoms with E-state index < -0.39 is 0 Å². The summed E-state index contributed by atoms with van der Waals surface area (Å²) in [6, 6.07) is -0.0341. The Hall–Kier alpha value is -0.570. The van der Waals surface area contributed by atoms with Crippen LogP contribution in [-0.2, 0) is 4.79 Å². The molecule has 2 N–H and O–H groups in total. The van der Waals surface area contributed by atoms with E-state index >= 15 is 0 Å². The van der Waals surface area contributed by atoms with E-state index in [9.17, 15) is 9.90 Å². The van der Waals surface area contributed by atoms with Gasteiger partial charge in [-0.1, -0.05) is 20.3 Å². The van der Waals surface area contributed by atoms with Gasteiger partial charge in [-0.05, 0) is 79.4 Å². The van der Waals surface area contributed by atoms with Crippen molar-refractivity contribution in [1.82, 2.24) is 5.32 Å². The second kappa shape index (κ2) is 5.47. The van der Waals surface area contributed by atoms with Gasteiger partial charge in [0.2, 0.25) is 5.91 Å². The van der Waals surface area contributed by atoms with Gasteiger partial charge >= 0.3 is 0 Å². The summed E-state index contributed by atoms with van der Waals surface area (Å²) in [6.07, 6.45) is 11.2. The summed E-state index contributed by atoms with van der Waals surface area (Å²) < 4.78 is 0. The number of amides is 1. The third kappa shape index (κ3) is 2.37. The van der Waals surface area contributed by atoms with Crippen LogP contribution >= 0.6 is 0 Å². The fourth-order valence-electron chi connectivity index (χ4n) is 7.38. The summed E-state index contributed by atoms with van der Waals surface area (Å²) in [7, 11) is 0. The normalized spacial score (nSPS) is 52.8. The highest BCUT2D eigenvalue weighted by Crippen LogP contribution is 2.65. The van der Waals surface area contributed by atoms with Crippen molar-refractivity contribution in [3.63, 3.8) is 0 Å². The molecule has 23 heavy (non-hydrogen) atoms. The first kappa shape index (κ1) is 15.9. The predicted molar refractivity (Wildman–Crippen MR) is 90.7 cm³/mol. The fourth-order valence-corrected chi connectivity index (χ4v) is 7.38. The molecule has 4 fully saturated rings. The monoisotopic (exact) mass is 319 g/mol. The number of aliphatic hydroxyl groups excluding tert-OH is 1. The van der Waals surface area contributed by atoms with Gasteiger partial charge in [0.25, 0.3) is 0 Å². The molecular weight excluding hydrogens is 286 g/mol. The SMILES string of the molecule is C[C@@]12CCC[C@H]1[C@@H]1CC[C@H]3CC(=O)N[C@H](CO)C[C@]3(C)[C@H]1CC2. The van der Waals surface area contributed by atoms with Gasteiger partial charge in [0, 0.05) is 6.42 Å². The highest BCUT2D eigenvalue weighted by atomic mass is 16.3. The van der Waals surface area contributed by atoms with Gasteiger partial charge in [0.15, 0.2) is 0 Å². The Kier molecular flexibility index (Phi) is 3.79. The molecule has 3 aliphatic carbocycles. The van der Waals surface area contributed by atoms with Crippen molar-refractivity contribution in [3.8, 4) is 0 Å². The number of carbonyl (C=O) groups excluding carboxylic acids is 1. The van der Waals surface area contributed by atoms with Crippen molar-refractivity contribution in [1.29, 1.82) is 0 Å². The van der Waals surface area contributed by atoms with Gasteiger partial charge in [-0.2, -0.15) is 0 Å². The molecule has 7 atom stereocenters. The predicted octanol–water partition coefficient (Wildman–Crippen LogP) is 3.51. The average molecular weight is 319 g/mol. The highest BCUT2D eigenvalue weighted by Gasteiger charge is 2.57. The van der Waals surface area contributed by atoms with E-state index in [1.54, 1.807) is 0 Å². The van der Waals surface area contributed by atoms with Gasteiger partial charge in [0.1, 0.15) is 0 Å². The van der Waals surface area contributed by atoms with E-state index in [2.05, 4.69) is 19.2 Å². The molecule has 0 bridgehead atoms. The summed E-state index contributed by atoms with van der Waals surface area (Å²) in [5.74, 6) is 3.23. The number of nitrogens with one attached hydrogen (secondary N) is 1. The Morgan fingerprint density at radius 3 is 2.74 bits per heavy atom. The minimum absolute atomic E-state index is 0.0341. The number of hydrogen-bond acceptors (Lipinski definition) is 2. The van der Waals surface area contributed by atoms with Gasteiger partial charge < -0.3 is 10.4 Å². The molecule has 1 heterocycles. The Morgan fingerprint density at radius 2 is 1.96 bits per heavy atom. The molecule has 0 radical (unpaired) electrons. The average Bonchev–Trinajstić information content (AvgIpc) is 2.85. The van der Waals surface area contributed by atoms with E-state index in [-0.39, 0.29) is 24.0 Å². The van der Waals surface area contributed by atoms with Crippen LogP contribution < -0.4 is 5.32 Å². The summed E-state index contributed by atoms with van der Waals surface area (Å²) in [5, 5.41) is 12.8. The maximum absolute atomic E-state index is 12.2. The molecule has 0 aromatic rings. The first-order valence-corrected chi connectivity index (χ1v) is 9.86. The third-order valence-corrected chi connectivity index (χ3v) is 8.55. The van der Waals surface area contributed by atoms with Crippen molar-refractivity contribution in [2.24, 2.45) is 34.5 Å². The fraction of sp³-hybridized carbons (Fsp3) is 0.950. The van der Waals surface area contributed by atoms with Gasteiger partial charge in [-0.15, -0.1) is 0 Å². The minimum Gasteiger partial charge on any atom is -0.394 e. The lowest BCUT2D eigenvalue weighted by molar-refractivity contribution is -0.125. The summed E-state index contributed by atoms with van der Waals surface area (Å²) in [5.41, 5.74) is 0.832. The van der Waals surface area contributed by atoms with Crippen LogP contribution in [-0.4, -0.2) is 23.7 Å². The van der Waals surface area contributed by atoms with Gasteiger partial charge in [-0.25, -0.2) is 0 Å². The summed E-state index contributed by atoms with van der Waals surface area (Å²) >= 11 is 0. The maximum Gasteiger partial charge on any atom is 0.220 e. The van der Waals surface area contributed by atoms with E-state index in [0.717, 1.165) is 24.2 Å². The van der Waals surface area contributed by atoms with Crippen molar-refractivity contribution in [2.45, 2.75) is 77.7 Å². The maximum atomic E-state index is 12.2. The van der Waals surface area contributed by atoms with Crippen LogP contribution in [0.3, 0.4) is 0 Å². The number of aliphatic hydroxyl groups is 1. The molecule has 1 aliphatic heterocycles. The number of carbonyl (C=O) groups is 1. The standard InChI is InChI=1S/C20H33NO2/c1-19-8-3-4-16(19)15-6-5-13-10-18(23)21-14(12-22)11-20(13,2)17(15)7-9-19/h13-17,22H,3-12H2,1-2H3,(H,21,23)/t13-,14-,15-,16-,17-,19-,20-/m0/s1. The molecule has 3 heteroatoms. The van der Waals surface area contributed by atoms with Crippen LogP contribution in [0.2, 0.25) is 0 Å². The number of rotatable bonds is 1. The van der Waals surface area contributed by atoms with E-state index in [1.165, 1.54) is 44.9 Å². The molecule has 3 nitrogen and oxygen atoms in total. The molecule has 4 aliphatic rings. The molecule has 130 valence electrons. The molecule has 0 unspecified atom stereocenters. The van der Waals surface area contributed by atoms with E-state index in [1.807, 2.05) is 0 Å². The lowest BCUT2D eigenvalue weighted by Gasteiger charge is -2.58. The zero-order valence-electron chi connectivity index (χ0n) is 14.8. The Morgan fingerprint density at radius 1 is 1.13 bits per heavy atom. The third-order valence-electron chi connectivity index (χ3n) is 8.55. The van der Waals surface area contributed by atoms with E-state index in [4.69, 9.17) is 0 Å². The molecule has 3 saturated carbocycles. The molecule has 1 saturated heterocycles. The van der Waals surface area contributed by atoms with Gasteiger partial charge in [0.05, 0.1) is 12.6 Å². The van der Waals surface area contributed by atoms with Crippen molar-refractivity contribution >= 4 is 5.91 Å². The smallest absolute Gasteiger partial charge is 0.220 e. The summed E-state index contributed by atoms with van der Waals surface area (Å²) in [6.45, 7) is 5.09. The van der Waals surface area contributed by atoms with Crippen molar-refractivity contribution < 1.29 is 9.90 Å². The summed E-state index contributed by atoms with van der Waals surface area (Å²) in [4.78, 5) is 12.2. The lowest BCUT2D eigenvalue weighted by atomic mass is 9.46. The van der Waals surface area contributed by atoms with Crippen LogP contribution in [0.1, 0.15) is 71.6 Å². The highest BCUT2D eigenvalue weighted by molar-refractivity contribution is 5.77. The minimum atomic E-state index is -0.0341.